The van der Waals surface area contributed by atoms with Crippen LogP contribution in [0.15, 0.2) is 22.6 Å². The van der Waals surface area contributed by atoms with Gasteiger partial charge in [0.2, 0.25) is 0 Å². The summed E-state index contributed by atoms with van der Waals surface area (Å²) in [5.74, 6) is 1.08. The lowest BCUT2D eigenvalue weighted by molar-refractivity contribution is 0.522. The molecule has 2 aromatic rings. The fourth-order valence-corrected chi connectivity index (χ4v) is 2.25. The molecule has 0 saturated heterocycles. The van der Waals surface area contributed by atoms with Crippen molar-refractivity contribution in [3.05, 3.63) is 35.1 Å². The molecule has 0 unspecified atom stereocenters. The number of rotatable bonds is 4. The lowest BCUT2D eigenvalue weighted by Gasteiger charge is -1.98. The van der Waals surface area contributed by atoms with Crippen molar-refractivity contribution in [2.75, 3.05) is 7.05 Å². The van der Waals surface area contributed by atoms with Crippen LogP contribution in [-0.2, 0) is 19.4 Å². The number of benzene rings is 1. The lowest BCUT2D eigenvalue weighted by atomic mass is 10.0. The number of para-hydroxylation sites is 1. The van der Waals surface area contributed by atoms with Crippen molar-refractivity contribution in [3.8, 4) is 0 Å². The maximum absolute atomic E-state index is 5.99. The highest BCUT2D eigenvalue weighted by atomic mass is 16.3. The van der Waals surface area contributed by atoms with Crippen molar-refractivity contribution < 1.29 is 4.42 Å². The molecule has 1 N–H and O–H groups in total. The van der Waals surface area contributed by atoms with Crippen LogP contribution < -0.4 is 5.32 Å². The van der Waals surface area contributed by atoms with Gasteiger partial charge in [-0.15, -0.1) is 0 Å². The van der Waals surface area contributed by atoms with E-state index in [1.54, 1.807) is 0 Å². The van der Waals surface area contributed by atoms with E-state index >= 15 is 0 Å². The number of furan rings is 1. The van der Waals surface area contributed by atoms with E-state index in [1.165, 1.54) is 16.5 Å². The van der Waals surface area contributed by atoms with Crippen LogP contribution in [0.2, 0.25) is 0 Å². The van der Waals surface area contributed by atoms with Gasteiger partial charge >= 0.3 is 0 Å². The van der Waals surface area contributed by atoms with Crippen molar-refractivity contribution in [1.82, 2.24) is 5.32 Å². The normalized spacial score (nSPS) is 11.2. The fourth-order valence-electron chi connectivity index (χ4n) is 2.25. The summed E-state index contributed by atoms with van der Waals surface area (Å²) in [6.45, 7) is 5.16. The highest BCUT2D eigenvalue weighted by Crippen LogP contribution is 2.29. The van der Waals surface area contributed by atoms with Gasteiger partial charge in [-0.3, -0.25) is 0 Å². The molecular weight excluding hydrogens is 198 g/mol. The minimum absolute atomic E-state index is 0.807. The molecule has 1 heterocycles. The number of hydrogen-bond donors (Lipinski definition) is 1. The van der Waals surface area contributed by atoms with Crippen LogP contribution in [0.3, 0.4) is 0 Å². The third kappa shape index (κ3) is 1.74. The molecule has 86 valence electrons. The van der Waals surface area contributed by atoms with Crippen LogP contribution in [0.4, 0.5) is 0 Å². The Labute approximate surface area is 96.6 Å². The largest absolute Gasteiger partial charge is 0.459 e. The topological polar surface area (TPSA) is 25.2 Å². The van der Waals surface area contributed by atoms with Crippen molar-refractivity contribution in [1.29, 1.82) is 0 Å². The summed E-state index contributed by atoms with van der Waals surface area (Å²) in [4.78, 5) is 0. The molecule has 0 bridgehead atoms. The SMILES string of the molecule is CCc1c(CNC)oc2c(CC)cccc12. The van der Waals surface area contributed by atoms with Crippen LogP contribution in [0.25, 0.3) is 11.0 Å². The molecule has 0 aliphatic rings. The van der Waals surface area contributed by atoms with E-state index in [0.717, 1.165) is 30.7 Å². The molecule has 0 saturated carbocycles. The predicted octanol–water partition coefficient (Wildman–Crippen LogP) is 3.28. The van der Waals surface area contributed by atoms with Crippen LogP contribution in [-0.4, -0.2) is 7.05 Å². The zero-order valence-electron chi connectivity index (χ0n) is 10.3. The van der Waals surface area contributed by atoms with Gasteiger partial charge in [-0.25, -0.2) is 0 Å². The Morgan fingerprint density at radius 3 is 2.62 bits per heavy atom. The highest BCUT2D eigenvalue weighted by molar-refractivity contribution is 5.85. The Morgan fingerprint density at radius 2 is 2.00 bits per heavy atom. The molecule has 0 fully saturated rings. The molecule has 2 rings (SSSR count). The van der Waals surface area contributed by atoms with Crippen molar-refractivity contribution in [3.63, 3.8) is 0 Å². The quantitative estimate of drug-likeness (QED) is 0.850. The average molecular weight is 217 g/mol. The first-order valence-electron chi connectivity index (χ1n) is 5.98. The van der Waals surface area contributed by atoms with Gasteiger partial charge in [0, 0.05) is 10.9 Å². The summed E-state index contributed by atoms with van der Waals surface area (Å²) < 4.78 is 5.99. The smallest absolute Gasteiger partial charge is 0.137 e. The van der Waals surface area contributed by atoms with Gasteiger partial charge in [-0.2, -0.15) is 0 Å². The molecule has 0 spiro atoms. The average Bonchev–Trinajstić information content (AvgIpc) is 2.66. The second-order valence-corrected chi connectivity index (χ2v) is 4.04. The van der Waals surface area contributed by atoms with Gasteiger partial charge in [0.05, 0.1) is 6.54 Å². The summed E-state index contributed by atoms with van der Waals surface area (Å²) in [5, 5.41) is 4.45. The third-order valence-electron chi connectivity index (χ3n) is 3.06. The Hall–Kier alpha value is -1.28. The first-order chi connectivity index (χ1) is 7.81. The van der Waals surface area contributed by atoms with Crippen LogP contribution in [0.1, 0.15) is 30.7 Å². The second-order valence-electron chi connectivity index (χ2n) is 4.04. The van der Waals surface area contributed by atoms with Crippen LogP contribution in [0, 0.1) is 0 Å². The van der Waals surface area contributed by atoms with E-state index < -0.39 is 0 Å². The van der Waals surface area contributed by atoms with E-state index in [1.807, 2.05) is 7.05 Å². The third-order valence-corrected chi connectivity index (χ3v) is 3.06. The zero-order chi connectivity index (χ0) is 11.5. The molecule has 1 aromatic heterocycles. The van der Waals surface area contributed by atoms with E-state index in [0.29, 0.717) is 0 Å². The summed E-state index contributed by atoms with van der Waals surface area (Å²) >= 11 is 0. The Bertz CT molecular complexity index is 485. The number of aryl methyl sites for hydroxylation is 2. The van der Waals surface area contributed by atoms with Gasteiger partial charge < -0.3 is 9.73 Å². The molecular formula is C14H19NO. The minimum atomic E-state index is 0.807. The molecule has 0 amide bonds. The van der Waals surface area contributed by atoms with E-state index in [4.69, 9.17) is 4.42 Å². The van der Waals surface area contributed by atoms with Gasteiger partial charge in [0.1, 0.15) is 11.3 Å². The fraction of sp³-hybridized carbons (Fsp3) is 0.429. The van der Waals surface area contributed by atoms with E-state index in [9.17, 15) is 0 Å². The summed E-state index contributed by atoms with van der Waals surface area (Å²) in [6.07, 6.45) is 2.05. The predicted molar refractivity (Wildman–Crippen MR) is 67.7 cm³/mol. The summed E-state index contributed by atoms with van der Waals surface area (Å²) in [5.41, 5.74) is 3.72. The van der Waals surface area contributed by atoms with E-state index in [2.05, 4.69) is 37.4 Å². The van der Waals surface area contributed by atoms with Crippen molar-refractivity contribution >= 4 is 11.0 Å². The van der Waals surface area contributed by atoms with Crippen molar-refractivity contribution in [2.45, 2.75) is 33.2 Å². The molecule has 0 aliphatic heterocycles. The zero-order valence-corrected chi connectivity index (χ0v) is 10.3. The molecule has 0 atom stereocenters. The van der Waals surface area contributed by atoms with Gasteiger partial charge in [0.15, 0.2) is 0 Å². The van der Waals surface area contributed by atoms with Crippen LogP contribution in [0.5, 0.6) is 0 Å². The number of nitrogens with one attached hydrogen (secondary N) is 1. The molecule has 16 heavy (non-hydrogen) atoms. The molecule has 0 aliphatic carbocycles. The van der Waals surface area contributed by atoms with Gasteiger partial charge in [-0.05, 0) is 25.5 Å². The lowest BCUT2D eigenvalue weighted by Crippen LogP contribution is -2.05. The first kappa shape index (κ1) is 11.2. The Morgan fingerprint density at radius 1 is 1.19 bits per heavy atom. The maximum Gasteiger partial charge on any atom is 0.137 e. The molecule has 2 heteroatoms. The Kier molecular flexibility index (Phi) is 3.30. The number of hydrogen-bond acceptors (Lipinski definition) is 2. The number of fused-ring (bicyclic) bond motifs is 1. The van der Waals surface area contributed by atoms with Gasteiger partial charge in [-0.1, -0.05) is 32.0 Å². The molecule has 1 aromatic carbocycles. The molecule has 2 nitrogen and oxygen atoms in total. The van der Waals surface area contributed by atoms with Gasteiger partial charge in [0.25, 0.3) is 0 Å². The maximum atomic E-state index is 5.99. The Balaban J connectivity index is 2.65. The van der Waals surface area contributed by atoms with E-state index in [-0.39, 0.29) is 0 Å². The standard InChI is InChI=1S/C14H19NO/c1-4-10-7-6-8-12-11(5-2)13(9-15-3)16-14(10)12/h6-8,15H,4-5,9H2,1-3H3. The van der Waals surface area contributed by atoms with Crippen molar-refractivity contribution in [2.24, 2.45) is 0 Å². The summed E-state index contributed by atoms with van der Waals surface area (Å²) in [7, 11) is 1.95. The summed E-state index contributed by atoms with van der Waals surface area (Å²) in [6, 6.07) is 6.43. The minimum Gasteiger partial charge on any atom is -0.459 e. The monoisotopic (exact) mass is 217 g/mol. The molecule has 0 radical (unpaired) electrons. The highest BCUT2D eigenvalue weighted by Gasteiger charge is 2.13. The second kappa shape index (κ2) is 4.71. The van der Waals surface area contributed by atoms with Crippen LogP contribution >= 0.6 is 0 Å². The first-order valence-corrected chi connectivity index (χ1v) is 5.98.